The van der Waals surface area contributed by atoms with Crippen LogP contribution in [0.15, 0.2) is 36.4 Å². The van der Waals surface area contributed by atoms with Crippen LogP contribution in [0.5, 0.6) is 5.75 Å². The summed E-state index contributed by atoms with van der Waals surface area (Å²) in [6.07, 6.45) is 0. The highest BCUT2D eigenvalue weighted by atomic mass is 32.1. The van der Waals surface area contributed by atoms with Crippen molar-refractivity contribution in [2.75, 3.05) is 56.6 Å². The molecule has 0 atom stereocenters. The van der Waals surface area contributed by atoms with Crippen molar-refractivity contribution in [1.29, 1.82) is 0 Å². The quantitative estimate of drug-likeness (QED) is 0.670. The highest BCUT2D eigenvalue weighted by Gasteiger charge is 2.27. The van der Waals surface area contributed by atoms with Gasteiger partial charge in [0, 0.05) is 57.1 Å². The minimum atomic E-state index is -0.312. The number of fused-ring (bicyclic) bond motifs is 1. The van der Waals surface area contributed by atoms with Gasteiger partial charge in [-0.15, -0.1) is 0 Å². The second-order valence-electron chi connectivity index (χ2n) is 7.48. The van der Waals surface area contributed by atoms with Crippen LogP contribution in [0.1, 0.15) is 0 Å². The maximum absolute atomic E-state index is 13.6. The smallest absolute Gasteiger partial charge is 0.188 e. The predicted octanol–water partition coefficient (Wildman–Crippen LogP) is 3.28. The summed E-state index contributed by atoms with van der Waals surface area (Å²) in [7, 11) is 1.57. The van der Waals surface area contributed by atoms with Gasteiger partial charge in [-0.1, -0.05) is 11.3 Å². The largest absolute Gasteiger partial charge is 0.495 e. The Bertz CT molecular complexity index is 1010. The van der Waals surface area contributed by atoms with Gasteiger partial charge < -0.3 is 20.3 Å². The summed E-state index contributed by atoms with van der Waals surface area (Å²) in [4.78, 5) is 9.74. The number of halogens is 1. The van der Waals surface area contributed by atoms with Crippen molar-refractivity contribution in [3.8, 4) is 5.75 Å². The van der Waals surface area contributed by atoms with Crippen LogP contribution in [-0.2, 0) is 0 Å². The zero-order valence-electron chi connectivity index (χ0n) is 16.3. The van der Waals surface area contributed by atoms with Crippen molar-refractivity contribution in [2.24, 2.45) is 0 Å². The SMILES string of the molecule is COc1ccc(F)cc1Nc1nc2cc(N3CCN(C4CNC4)CC3)ccc2s1. The zero-order chi connectivity index (χ0) is 19.8. The van der Waals surface area contributed by atoms with Gasteiger partial charge in [0.25, 0.3) is 0 Å². The number of hydrogen-bond acceptors (Lipinski definition) is 7. The summed E-state index contributed by atoms with van der Waals surface area (Å²) < 4.78 is 20.0. The van der Waals surface area contributed by atoms with Crippen LogP contribution >= 0.6 is 11.3 Å². The molecule has 0 bridgehead atoms. The van der Waals surface area contributed by atoms with Gasteiger partial charge in [-0.05, 0) is 30.3 Å². The number of rotatable bonds is 5. The molecule has 5 rings (SSSR count). The van der Waals surface area contributed by atoms with Crippen molar-refractivity contribution in [2.45, 2.75) is 6.04 Å². The Morgan fingerprint density at radius 2 is 1.97 bits per heavy atom. The number of nitrogens with one attached hydrogen (secondary N) is 2. The van der Waals surface area contributed by atoms with Gasteiger partial charge in [0.15, 0.2) is 5.13 Å². The molecule has 152 valence electrons. The molecule has 2 fully saturated rings. The second-order valence-corrected chi connectivity index (χ2v) is 8.51. The van der Waals surface area contributed by atoms with Gasteiger partial charge in [0.1, 0.15) is 11.6 Å². The maximum Gasteiger partial charge on any atom is 0.188 e. The number of nitrogens with zero attached hydrogens (tertiary/aromatic N) is 3. The molecule has 29 heavy (non-hydrogen) atoms. The Labute approximate surface area is 173 Å². The molecule has 2 aromatic carbocycles. The van der Waals surface area contributed by atoms with E-state index in [-0.39, 0.29) is 5.82 Å². The van der Waals surface area contributed by atoms with Gasteiger partial charge in [-0.3, -0.25) is 4.90 Å². The van der Waals surface area contributed by atoms with Crippen molar-refractivity contribution in [1.82, 2.24) is 15.2 Å². The van der Waals surface area contributed by atoms with E-state index in [1.807, 2.05) is 0 Å². The third-order valence-electron chi connectivity index (χ3n) is 5.73. The monoisotopic (exact) mass is 413 g/mol. The molecule has 6 nitrogen and oxygen atoms in total. The van der Waals surface area contributed by atoms with Crippen molar-refractivity contribution < 1.29 is 9.13 Å². The molecular weight excluding hydrogens is 389 g/mol. The molecule has 3 heterocycles. The topological polar surface area (TPSA) is 52.7 Å². The molecular formula is C21H24FN5OS. The third-order valence-corrected chi connectivity index (χ3v) is 6.68. The summed E-state index contributed by atoms with van der Waals surface area (Å²) in [6, 6.07) is 11.6. The molecule has 0 saturated carbocycles. The number of thiazole rings is 1. The lowest BCUT2D eigenvalue weighted by Gasteiger charge is -2.43. The summed E-state index contributed by atoms with van der Waals surface area (Å²) in [5.41, 5.74) is 2.74. The van der Waals surface area contributed by atoms with Crippen LogP contribution < -0.4 is 20.3 Å². The fourth-order valence-electron chi connectivity index (χ4n) is 3.94. The molecule has 8 heteroatoms. The molecule has 0 amide bonds. The lowest BCUT2D eigenvalue weighted by atomic mass is 10.1. The lowest BCUT2D eigenvalue weighted by Crippen LogP contribution is -2.61. The fourth-order valence-corrected chi connectivity index (χ4v) is 4.79. The first-order valence-electron chi connectivity index (χ1n) is 9.90. The Kier molecular flexibility index (Phi) is 4.99. The Morgan fingerprint density at radius 3 is 2.69 bits per heavy atom. The molecule has 1 aromatic heterocycles. The van der Waals surface area contributed by atoms with E-state index in [9.17, 15) is 4.39 Å². The number of methoxy groups -OCH3 is 1. The first-order valence-corrected chi connectivity index (χ1v) is 10.7. The number of hydrogen-bond donors (Lipinski definition) is 2. The van der Waals surface area contributed by atoms with E-state index in [2.05, 4.69) is 38.6 Å². The average molecular weight is 414 g/mol. The van der Waals surface area contributed by atoms with E-state index in [0.29, 0.717) is 17.5 Å². The predicted molar refractivity (Wildman–Crippen MR) is 116 cm³/mol. The molecule has 0 spiro atoms. The van der Waals surface area contributed by atoms with E-state index >= 15 is 0 Å². The van der Waals surface area contributed by atoms with Crippen LogP contribution in [0.2, 0.25) is 0 Å². The van der Waals surface area contributed by atoms with Crippen LogP contribution in [0.3, 0.4) is 0 Å². The Balaban J connectivity index is 1.32. The van der Waals surface area contributed by atoms with Crippen molar-refractivity contribution >= 4 is 38.1 Å². The van der Waals surface area contributed by atoms with Crippen LogP contribution in [0.25, 0.3) is 10.2 Å². The van der Waals surface area contributed by atoms with E-state index in [0.717, 1.165) is 54.6 Å². The summed E-state index contributed by atoms with van der Waals surface area (Å²) in [5.74, 6) is 0.277. The van der Waals surface area contributed by atoms with E-state index in [1.54, 1.807) is 24.5 Å². The van der Waals surface area contributed by atoms with E-state index in [1.165, 1.54) is 17.8 Å². The second kappa shape index (κ2) is 7.78. The molecule has 2 aliphatic heterocycles. The third kappa shape index (κ3) is 3.75. The number of aromatic nitrogens is 1. The van der Waals surface area contributed by atoms with Gasteiger partial charge in [-0.2, -0.15) is 0 Å². The first-order chi connectivity index (χ1) is 14.2. The average Bonchev–Trinajstić information content (AvgIpc) is 3.09. The first kappa shape index (κ1) is 18.6. The molecule has 2 saturated heterocycles. The Hall–Kier alpha value is -2.42. The van der Waals surface area contributed by atoms with Gasteiger partial charge in [0.05, 0.1) is 23.0 Å². The lowest BCUT2D eigenvalue weighted by molar-refractivity contribution is 0.138. The summed E-state index contributed by atoms with van der Waals surface area (Å²) >= 11 is 1.55. The number of benzene rings is 2. The molecule has 3 aromatic rings. The fraction of sp³-hybridized carbons (Fsp3) is 0.381. The number of ether oxygens (including phenoxy) is 1. The van der Waals surface area contributed by atoms with E-state index in [4.69, 9.17) is 9.72 Å². The van der Waals surface area contributed by atoms with Crippen LogP contribution in [-0.4, -0.2) is 62.3 Å². The van der Waals surface area contributed by atoms with Crippen molar-refractivity contribution in [3.05, 3.63) is 42.2 Å². The minimum Gasteiger partial charge on any atom is -0.495 e. The van der Waals surface area contributed by atoms with Gasteiger partial charge in [0.2, 0.25) is 0 Å². The van der Waals surface area contributed by atoms with Crippen LogP contribution in [0.4, 0.5) is 20.9 Å². The van der Waals surface area contributed by atoms with Crippen molar-refractivity contribution in [3.63, 3.8) is 0 Å². The summed E-state index contributed by atoms with van der Waals surface area (Å²) in [5, 5.41) is 7.28. The highest BCUT2D eigenvalue weighted by Crippen LogP contribution is 2.34. The van der Waals surface area contributed by atoms with Crippen LogP contribution in [0, 0.1) is 5.82 Å². The number of anilines is 3. The molecule has 0 aliphatic carbocycles. The summed E-state index contributed by atoms with van der Waals surface area (Å²) in [6.45, 7) is 6.53. The number of piperazine rings is 1. The molecule has 0 radical (unpaired) electrons. The standard InChI is InChI=1S/C21H24FN5OS/c1-28-19-4-2-14(22)10-17(19)24-21-25-18-11-15(3-5-20(18)29-21)26-6-8-27(9-7-26)16-12-23-13-16/h2-5,10-11,16,23H,6-9,12-13H2,1H3,(H,24,25). The molecule has 0 unspecified atom stereocenters. The highest BCUT2D eigenvalue weighted by molar-refractivity contribution is 7.22. The minimum absolute atomic E-state index is 0.312. The van der Waals surface area contributed by atoms with Gasteiger partial charge >= 0.3 is 0 Å². The zero-order valence-corrected chi connectivity index (χ0v) is 17.1. The van der Waals surface area contributed by atoms with E-state index < -0.39 is 0 Å². The Morgan fingerprint density at radius 1 is 1.14 bits per heavy atom. The normalized spacial score (nSPS) is 18.1. The van der Waals surface area contributed by atoms with Gasteiger partial charge in [-0.25, -0.2) is 9.37 Å². The maximum atomic E-state index is 13.6. The molecule has 2 N–H and O–H groups in total. The molecule has 2 aliphatic rings.